The van der Waals surface area contributed by atoms with Gasteiger partial charge in [0.05, 0.1) is 11.5 Å². The average Bonchev–Trinajstić information content (AvgIpc) is 3.42. The van der Waals surface area contributed by atoms with Crippen molar-refractivity contribution in [3.05, 3.63) is 60.2 Å². The van der Waals surface area contributed by atoms with Crippen molar-refractivity contribution in [2.75, 3.05) is 0 Å². The zero-order valence-electron chi connectivity index (χ0n) is 20.5. The summed E-state index contributed by atoms with van der Waals surface area (Å²) in [6.45, 7) is 9.25. The Balaban J connectivity index is 1.63. The van der Waals surface area contributed by atoms with Crippen molar-refractivity contribution in [1.29, 1.82) is 0 Å². The molecule has 7 nitrogen and oxygen atoms in total. The molecule has 10 unspecified atom stereocenters. The molecule has 1 aromatic rings. The largest absolute Gasteiger partial charge is 0.388 e. The first kappa shape index (κ1) is 24.4. The molecule has 10 atom stereocenters. The summed E-state index contributed by atoms with van der Waals surface area (Å²) >= 11 is 0. The molecule has 2 aliphatic carbocycles. The maximum Gasteiger partial charge on any atom is 0.227 e. The van der Waals surface area contributed by atoms with E-state index in [-0.39, 0.29) is 30.2 Å². The van der Waals surface area contributed by atoms with Crippen LogP contribution in [-0.4, -0.2) is 56.6 Å². The van der Waals surface area contributed by atoms with Gasteiger partial charge in [-0.25, -0.2) is 0 Å². The lowest BCUT2D eigenvalue weighted by Gasteiger charge is -2.50. The summed E-state index contributed by atoms with van der Waals surface area (Å²) < 4.78 is 5.64. The second-order valence-electron chi connectivity index (χ2n) is 11.3. The molecule has 4 aliphatic rings. The maximum absolute atomic E-state index is 13.9. The Kier molecular flexibility index (Phi) is 5.64. The maximum atomic E-state index is 13.9. The van der Waals surface area contributed by atoms with Crippen LogP contribution in [0.4, 0.5) is 0 Å². The fraction of sp³-hybridized carbons (Fsp3) is 0.571. The number of ether oxygens (including phenoxy) is 1. The van der Waals surface area contributed by atoms with Crippen LogP contribution in [0.2, 0.25) is 0 Å². The van der Waals surface area contributed by atoms with Crippen LogP contribution in [0, 0.1) is 29.1 Å². The predicted octanol–water partition coefficient (Wildman–Crippen LogP) is 1.91. The van der Waals surface area contributed by atoms with Crippen LogP contribution < -0.4 is 5.32 Å². The number of carbonyl (C=O) groups is 2. The molecule has 0 radical (unpaired) electrons. The molecule has 1 spiro atoms. The van der Waals surface area contributed by atoms with E-state index < -0.39 is 46.6 Å². The van der Waals surface area contributed by atoms with Gasteiger partial charge in [0.25, 0.3) is 0 Å². The second kappa shape index (κ2) is 8.10. The summed E-state index contributed by atoms with van der Waals surface area (Å²) in [5.74, 6) is -4.20. The highest BCUT2D eigenvalue weighted by atomic mass is 16.7. The smallest absolute Gasteiger partial charge is 0.227 e. The number of allylic oxidation sites excluding steroid dienone is 1. The van der Waals surface area contributed by atoms with Crippen LogP contribution in [0.15, 0.2) is 54.6 Å². The summed E-state index contributed by atoms with van der Waals surface area (Å²) in [4.78, 5) is 26.9. The van der Waals surface area contributed by atoms with E-state index in [1.807, 2.05) is 49.4 Å². The van der Waals surface area contributed by atoms with E-state index in [4.69, 9.17) is 4.74 Å². The highest BCUT2D eigenvalue weighted by Crippen LogP contribution is 2.62. The number of aliphatic hydroxyl groups is 3. The lowest BCUT2D eigenvalue weighted by molar-refractivity contribution is -0.146. The number of ketones is 1. The molecule has 0 bridgehead atoms. The minimum absolute atomic E-state index is 0.131. The van der Waals surface area contributed by atoms with Gasteiger partial charge in [0, 0.05) is 30.2 Å². The van der Waals surface area contributed by atoms with Crippen molar-refractivity contribution in [3.63, 3.8) is 0 Å². The number of rotatable bonds is 2. The molecule has 3 fully saturated rings. The van der Waals surface area contributed by atoms with E-state index in [1.165, 1.54) is 6.92 Å². The Morgan fingerprint density at radius 3 is 2.54 bits per heavy atom. The van der Waals surface area contributed by atoms with Crippen LogP contribution in [0.3, 0.4) is 0 Å². The fourth-order valence-corrected chi connectivity index (χ4v) is 7.16. The highest BCUT2D eigenvalue weighted by Gasteiger charge is 2.74. The van der Waals surface area contributed by atoms with Gasteiger partial charge in [-0.15, -0.1) is 0 Å². The first-order valence-electron chi connectivity index (χ1n) is 12.5. The summed E-state index contributed by atoms with van der Waals surface area (Å²) in [6, 6.07) is 9.64. The van der Waals surface area contributed by atoms with Crippen LogP contribution in [0.25, 0.3) is 0 Å². The molecular weight excluding hydrogens is 446 g/mol. The van der Waals surface area contributed by atoms with Crippen LogP contribution in [0.5, 0.6) is 0 Å². The Labute approximate surface area is 205 Å². The van der Waals surface area contributed by atoms with Crippen LogP contribution in [-0.2, 0) is 20.7 Å². The molecule has 7 heteroatoms. The monoisotopic (exact) mass is 481 g/mol. The molecule has 35 heavy (non-hydrogen) atoms. The predicted molar refractivity (Wildman–Crippen MR) is 129 cm³/mol. The Morgan fingerprint density at radius 2 is 1.86 bits per heavy atom. The van der Waals surface area contributed by atoms with E-state index in [9.17, 15) is 24.9 Å². The number of hydrogen-bond acceptors (Lipinski definition) is 6. The van der Waals surface area contributed by atoms with Crippen LogP contribution in [0.1, 0.15) is 39.2 Å². The summed E-state index contributed by atoms with van der Waals surface area (Å²) in [7, 11) is 0. The zero-order valence-corrected chi connectivity index (χ0v) is 20.5. The van der Waals surface area contributed by atoms with Crippen molar-refractivity contribution in [1.82, 2.24) is 5.32 Å². The van der Waals surface area contributed by atoms with Gasteiger partial charge in [0.1, 0.15) is 0 Å². The number of nitrogens with one attached hydrogen (secondary N) is 1. The fourth-order valence-electron chi connectivity index (χ4n) is 7.16. The van der Waals surface area contributed by atoms with Crippen molar-refractivity contribution < 1.29 is 29.6 Å². The van der Waals surface area contributed by atoms with Gasteiger partial charge in [0.2, 0.25) is 5.91 Å². The molecule has 1 saturated carbocycles. The molecule has 2 saturated heterocycles. The summed E-state index contributed by atoms with van der Waals surface area (Å²) in [6.07, 6.45) is 2.29. The van der Waals surface area contributed by atoms with Gasteiger partial charge in [0.15, 0.2) is 23.3 Å². The van der Waals surface area contributed by atoms with Gasteiger partial charge in [-0.2, -0.15) is 0 Å². The molecule has 0 aromatic heterocycles. The molecular formula is C28H35NO6. The lowest BCUT2D eigenvalue weighted by atomic mass is 9.52. The highest BCUT2D eigenvalue weighted by molar-refractivity contribution is 5.90. The number of fused-ring (bicyclic) bond motifs is 1. The zero-order chi connectivity index (χ0) is 25.3. The number of Topliss-reactive ketones (excluding diaryl/α,β-unsaturated/α-hetero) is 1. The standard InChI is InChI=1S/C28H35NO6/c1-15-9-8-12-19-22(30)17(3)16(2)21-20(13-18-10-6-5-7-11-18)29-25(32)27(19,21)14-28(34)24(35-28)26(4,33)23(15)31/h5-8,10-12,15-16,19-22,24,30,33-34H,3,9,13-14H2,1-2,4H3,(H,29,32)/b12-8+. The van der Waals surface area contributed by atoms with Gasteiger partial charge >= 0.3 is 0 Å². The Hall–Kier alpha value is -2.32. The van der Waals surface area contributed by atoms with E-state index in [2.05, 4.69) is 11.9 Å². The molecule has 1 aromatic carbocycles. The number of benzene rings is 1. The number of hydrogen-bond donors (Lipinski definition) is 4. The van der Waals surface area contributed by atoms with Crippen molar-refractivity contribution >= 4 is 11.7 Å². The molecule has 188 valence electrons. The normalized spacial score (nSPS) is 48.2. The average molecular weight is 482 g/mol. The Morgan fingerprint density at radius 1 is 1.17 bits per heavy atom. The number of amides is 1. The number of epoxide rings is 1. The summed E-state index contributed by atoms with van der Waals surface area (Å²) in [5.41, 5.74) is -1.37. The van der Waals surface area contributed by atoms with E-state index in [0.717, 1.165) is 5.56 Å². The minimum Gasteiger partial charge on any atom is -0.388 e. The summed E-state index contributed by atoms with van der Waals surface area (Å²) in [5, 5.41) is 37.1. The molecule has 1 amide bonds. The molecule has 5 rings (SSSR count). The molecule has 2 aliphatic heterocycles. The van der Waals surface area contributed by atoms with Gasteiger partial charge in [-0.3, -0.25) is 9.59 Å². The number of aliphatic hydroxyl groups excluding tert-OH is 1. The lowest BCUT2D eigenvalue weighted by Crippen LogP contribution is -2.56. The van der Waals surface area contributed by atoms with Crippen LogP contribution >= 0.6 is 0 Å². The first-order chi connectivity index (χ1) is 16.4. The van der Waals surface area contributed by atoms with E-state index >= 15 is 0 Å². The van der Waals surface area contributed by atoms with Gasteiger partial charge in [-0.05, 0) is 36.8 Å². The van der Waals surface area contributed by atoms with E-state index in [1.54, 1.807) is 6.92 Å². The molecule has 2 heterocycles. The molecule has 4 N–H and O–H groups in total. The van der Waals surface area contributed by atoms with Gasteiger partial charge < -0.3 is 25.4 Å². The second-order valence-corrected chi connectivity index (χ2v) is 11.3. The third-order valence-electron chi connectivity index (χ3n) is 9.01. The SMILES string of the molecule is C=C1C(C)C2C(Cc3ccccc3)NC(=O)C23CC2(O)OC2C(C)(O)C(=O)C(C)C/C=C/C3C1O. The van der Waals surface area contributed by atoms with E-state index in [0.29, 0.717) is 18.4 Å². The van der Waals surface area contributed by atoms with Crippen molar-refractivity contribution in [2.45, 2.75) is 69.7 Å². The minimum atomic E-state index is -1.89. The van der Waals surface area contributed by atoms with Crippen molar-refractivity contribution in [2.24, 2.45) is 29.1 Å². The quantitative estimate of drug-likeness (QED) is 0.378. The van der Waals surface area contributed by atoms with Crippen molar-refractivity contribution in [3.8, 4) is 0 Å². The number of carbonyl (C=O) groups excluding carboxylic acids is 2. The topological polar surface area (TPSA) is 119 Å². The van der Waals surface area contributed by atoms with Gasteiger partial charge in [-0.1, -0.05) is 62.9 Å². The third kappa shape index (κ3) is 3.55. The third-order valence-corrected chi connectivity index (χ3v) is 9.01. The first-order valence-corrected chi connectivity index (χ1v) is 12.5. The Bertz CT molecular complexity index is 1080.